The van der Waals surface area contributed by atoms with Crippen LogP contribution in [-0.4, -0.2) is 11.9 Å². The van der Waals surface area contributed by atoms with Crippen LogP contribution in [-0.2, 0) is 6.42 Å². The fourth-order valence-corrected chi connectivity index (χ4v) is 3.05. The molecule has 21 heavy (non-hydrogen) atoms. The van der Waals surface area contributed by atoms with Crippen LogP contribution < -0.4 is 4.90 Å². The van der Waals surface area contributed by atoms with E-state index in [9.17, 15) is 4.79 Å². The van der Waals surface area contributed by atoms with Crippen molar-refractivity contribution in [3.63, 3.8) is 0 Å². The predicted molar refractivity (Wildman–Crippen MR) is 86.6 cm³/mol. The predicted octanol–water partition coefficient (Wildman–Crippen LogP) is 4.30. The highest BCUT2D eigenvalue weighted by Gasteiger charge is 2.40. The van der Waals surface area contributed by atoms with Crippen molar-refractivity contribution in [1.29, 1.82) is 0 Å². The number of para-hydroxylation sites is 1. The topological polar surface area (TPSA) is 20.3 Å². The van der Waals surface area contributed by atoms with Crippen LogP contribution in [0.3, 0.4) is 0 Å². The normalized spacial score (nSPS) is 17.7. The Hall–Kier alpha value is -2.09. The first-order valence-corrected chi connectivity index (χ1v) is 7.45. The van der Waals surface area contributed by atoms with Crippen molar-refractivity contribution in [2.45, 2.75) is 33.2 Å². The first-order chi connectivity index (χ1) is 9.98. The van der Waals surface area contributed by atoms with E-state index in [1.54, 1.807) is 0 Å². The van der Waals surface area contributed by atoms with Gasteiger partial charge in [0, 0.05) is 17.3 Å². The molecule has 1 aliphatic heterocycles. The molecule has 0 aliphatic carbocycles. The first-order valence-electron chi connectivity index (χ1n) is 7.45. The van der Waals surface area contributed by atoms with E-state index in [0.717, 1.165) is 17.7 Å². The third-order valence-corrected chi connectivity index (χ3v) is 4.22. The summed E-state index contributed by atoms with van der Waals surface area (Å²) >= 11 is 0. The molecule has 108 valence electrons. The van der Waals surface area contributed by atoms with Gasteiger partial charge < -0.3 is 4.90 Å². The molecule has 1 unspecified atom stereocenters. The van der Waals surface area contributed by atoms with Crippen LogP contribution in [0.2, 0.25) is 0 Å². The zero-order valence-electron chi connectivity index (χ0n) is 12.8. The number of hydrogen-bond acceptors (Lipinski definition) is 1. The SMILES string of the molecule is CC(C)(C)C1Cc2ccccc2N1C(=O)c1ccccc1. The minimum absolute atomic E-state index is 0.0451. The van der Waals surface area contributed by atoms with Crippen LogP contribution in [0.4, 0.5) is 5.69 Å². The Morgan fingerprint density at radius 2 is 1.62 bits per heavy atom. The number of carbonyl (C=O) groups is 1. The van der Waals surface area contributed by atoms with Gasteiger partial charge in [0.15, 0.2) is 0 Å². The molecule has 0 spiro atoms. The quantitative estimate of drug-likeness (QED) is 0.762. The maximum atomic E-state index is 13.0. The molecule has 0 bridgehead atoms. The zero-order chi connectivity index (χ0) is 15.0. The van der Waals surface area contributed by atoms with Gasteiger partial charge in [-0.2, -0.15) is 0 Å². The van der Waals surface area contributed by atoms with E-state index in [0.29, 0.717) is 0 Å². The van der Waals surface area contributed by atoms with Crippen LogP contribution in [0.25, 0.3) is 0 Å². The molecule has 3 rings (SSSR count). The lowest BCUT2D eigenvalue weighted by Crippen LogP contribution is -2.45. The summed E-state index contributed by atoms with van der Waals surface area (Å²) in [6.07, 6.45) is 0.929. The van der Waals surface area contributed by atoms with Crippen molar-refractivity contribution in [2.75, 3.05) is 4.90 Å². The molecule has 0 radical (unpaired) electrons. The van der Waals surface area contributed by atoms with Crippen molar-refractivity contribution < 1.29 is 4.79 Å². The van der Waals surface area contributed by atoms with Gasteiger partial charge in [-0.25, -0.2) is 0 Å². The van der Waals surface area contributed by atoms with E-state index >= 15 is 0 Å². The fraction of sp³-hybridized carbons (Fsp3) is 0.316. The van der Waals surface area contributed by atoms with Gasteiger partial charge in [-0.15, -0.1) is 0 Å². The first kappa shape index (κ1) is 13.9. The molecule has 2 nitrogen and oxygen atoms in total. The van der Waals surface area contributed by atoms with Crippen LogP contribution in [0.5, 0.6) is 0 Å². The highest BCUT2D eigenvalue weighted by Crippen LogP contribution is 2.40. The summed E-state index contributed by atoms with van der Waals surface area (Å²) in [6.45, 7) is 6.61. The Kier molecular flexibility index (Phi) is 3.32. The Morgan fingerprint density at radius 1 is 1.00 bits per heavy atom. The van der Waals surface area contributed by atoms with E-state index in [1.165, 1.54) is 5.56 Å². The van der Waals surface area contributed by atoms with Gasteiger partial charge in [0.1, 0.15) is 0 Å². The van der Waals surface area contributed by atoms with E-state index in [4.69, 9.17) is 0 Å². The van der Waals surface area contributed by atoms with Crippen molar-refractivity contribution in [1.82, 2.24) is 0 Å². The van der Waals surface area contributed by atoms with Crippen LogP contribution in [0, 0.1) is 5.41 Å². The lowest BCUT2D eigenvalue weighted by atomic mass is 9.84. The van der Waals surface area contributed by atoms with Gasteiger partial charge in [-0.05, 0) is 35.6 Å². The van der Waals surface area contributed by atoms with Crippen LogP contribution in [0.1, 0.15) is 36.7 Å². The molecule has 2 aromatic carbocycles. The zero-order valence-corrected chi connectivity index (χ0v) is 12.8. The number of fused-ring (bicyclic) bond motifs is 1. The molecule has 0 fully saturated rings. The van der Waals surface area contributed by atoms with Crippen molar-refractivity contribution in [2.24, 2.45) is 5.41 Å². The van der Waals surface area contributed by atoms with Crippen molar-refractivity contribution in [3.05, 3.63) is 65.7 Å². The molecule has 1 amide bonds. The second-order valence-electron chi connectivity index (χ2n) is 6.76. The molecule has 1 atom stereocenters. The summed E-state index contributed by atoms with van der Waals surface area (Å²) in [5, 5.41) is 0. The van der Waals surface area contributed by atoms with Gasteiger partial charge in [0.2, 0.25) is 0 Å². The van der Waals surface area contributed by atoms with E-state index in [1.807, 2.05) is 41.3 Å². The Bertz CT molecular complexity index is 655. The van der Waals surface area contributed by atoms with Crippen LogP contribution >= 0.6 is 0 Å². The molecule has 0 aromatic heterocycles. The molecule has 1 heterocycles. The number of benzene rings is 2. The molecule has 2 heteroatoms. The fourth-order valence-electron chi connectivity index (χ4n) is 3.05. The number of anilines is 1. The number of carbonyl (C=O) groups excluding carboxylic acids is 1. The van der Waals surface area contributed by atoms with Crippen LogP contribution in [0.15, 0.2) is 54.6 Å². The van der Waals surface area contributed by atoms with Gasteiger partial charge in [-0.3, -0.25) is 4.79 Å². The molecule has 2 aromatic rings. The number of amides is 1. The third-order valence-electron chi connectivity index (χ3n) is 4.22. The summed E-state index contributed by atoms with van der Waals surface area (Å²) in [6, 6.07) is 18.0. The Morgan fingerprint density at radius 3 is 2.29 bits per heavy atom. The summed E-state index contributed by atoms with van der Waals surface area (Å²) in [4.78, 5) is 15.0. The van der Waals surface area contributed by atoms with Crippen molar-refractivity contribution >= 4 is 11.6 Å². The molecule has 1 aliphatic rings. The summed E-state index contributed by atoms with van der Waals surface area (Å²) in [7, 11) is 0. The molecular formula is C19H21NO. The maximum Gasteiger partial charge on any atom is 0.258 e. The minimum atomic E-state index is 0.0451. The maximum absolute atomic E-state index is 13.0. The average molecular weight is 279 g/mol. The van der Waals surface area contributed by atoms with E-state index in [-0.39, 0.29) is 17.4 Å². The standard InChI is InChI=1S/C19H21NO/c1-19(2,3)17-13-15-11-7-8-12-16(15)20(17)18(21)14-9-5-4-6-10-14/h4-12,17H,13H2,1-3H3. The molecular weight excluding hydrogens is 258 g/mol. The van der Waals surface area contributed by atoms with E-state index < -0.39 is 0 Å². The van der Waals surface area contributed by atoms with E-state index in [2.05, 4.69) is 39.0 Å². The Labute approximate surface area is 126 Å². The molecule has 0 saturated carbocycles. The number of nitrogens with zero attached hydrogens (tertiary/aromatic N) is 1. The second kappa shape index (κ2) is 5.03. The monoisotopic (exact) mass is 279 g/mol. The van der Waals surface area contributed by atoms with Gasteiger partial charge in [0.25, 0.3) is 5.91 Å². The lowest BCUT2D eigenvalue weighted by Gasteiger charge is -2.35. The smallest absolute Gasteiger partial charge is 0.258 e. The van der Waals surface area contributed by atoms with Crippen molar-refractivity contribution in [3.8, 4) is 0 Å². The number of rotatable bonds is 1. The highest BCUT2D eigenvalue weighted by molar-refractivity contribution is 6.07. The van der Waals surface area contributed by atoms with Gasteiger partial charge in [-0.1, -0.05) is 57.2 Å². The summed E-state index contributed by atoms with van der Waals surface area (Å²) in [5.74, 6) is 0.0977. The second-order valence-corrected chi connectivity index (χ2v) is 6.76. The summed E-state index contributed by atoms with van der Waals surface area (Å²) < 4.78 is 0. The molecule has 0 N–H and O–H groups in total. The third kappa shape index (κ3) is 2.46. The molecule has 0 saturated heterocycles. The van der Waals surface area contributed by atoms with Gasteiger partial charge in [0.05, 0.1) is 0 Å². The lowest BCUT2D eigenvalue weighted by molar-refractivity contribution is 0.0960. The summed E-state index contributed by atoms with van der Waals surface area (Å²) in [5.41, 5.74) is 3.13. The van der Waals surface area contributed by atoms with Gasteiger partial charge >= 0.3 is 0 Å². The average Bonchev–Trinajstić information content (AvgIpc) is 2.87. The number of hydrogen-bond donors (Lipinski definition) is 0. The highest BCUT2D eigenvalue weighted by atomic mass is 16.2. The Balaban J connectivity index is 2.06. The largest absolute Gasteiger partial charge is 0.304 e. The minimum Gasteiger partial charge on any atom is -0.304 e.